The molecule has 3 aromatic carbocycles. The van der Waals surface area contributed by atoms with Gasteiger partial charge in [-0.2, -0.15) is 0 Å². The Morgan fingerprint density at radius 2 is 1.71 bits per heavy atom. The van der Waals surface area contributed by atoms with E-state index in [9.17, 15) is 9.59 Å². The Balaban J connectivity index is 1.59. The largest absolute Gasteiger partial charge is 0.446 e. The highest BCUT2D eigenvalue weighted by molar-refractivity contribution is 9.10. The minimum atomic E-state index is -0.589. The Labute approximate surface area is 172 Å². The minimum Gasteiger partial charge on any atom is -0.446 e. The number of fused-ring (bicyclic) bond motifs is 1. The number of amides is 2. The molecule has 0 bridgehead atoms. The fourth-order valence-corrected chi connectivity index (χ4v) is 4.12. The van der Waals surface area contributed by atoms with Gasteiger partial charge in [0, 0.05) is 5.92 Å². The molecule has 4 rings (SSSR count). The van der Waals surface area contributed by atoms with Crippen molar-refractivity contribution >= 4 is 38.7 Å². The van der Waals surface area contributed by atoms with Crippen molar-refractivity contribution in [2.45, 2.75) is 23.7 Å². The van der Waals surface area contributed by atoms with Crippen LogP contribution in [0.25, 0.3) is 10.8 Å². The van der Waals surface area contributed by atoms with Crippen LogP contribution in [0, 0.1) is 0 Å². The lowest BCUT2D eigenvalue weighted by molar-refractivity contribution is -0.128. The van der Waals surface area contributed by atoms with Crippen LogP contribution in [0.15, 0.2) is 72.8 Å². The number of rotatable bonds is 4. The molecule has 0 radical (unpaired) electrons. The second-order valence-corrected chi connectivity index (χ2v) is 8.00. The maximum Gasteiger partial charge on any atom is 0.417 e. The smallest absolute Gasteiger partial charge is 0.417 e. The molecular weight excluding hydrogens is 418 g/mol. The summed E-state index contributed by atoms with van der Waals surface area (Å²) in [6, 6.07) is 23.4. The molecule has 0 aromatic heterocycles. The van der Waals surface area contributed by atoms with E-state index in [1.807, 2.05) is 55.5 Å². The summed E-state index contributed by atoms with van der Waals surface area (Å²) >= 11 is 3.55. The summed E-state index contributed by atoms with van der Waals surface area (Å²) in [6.07, 6.45) is -0.589. The Kier molecular flexibility index (Phi) is 5.18. The molecule has 3 aromatic rings. The first-order chi connectivity index (χ1) is 13.6. The fraction of sp³-hybridized carbons (Fsp3) is 0.217. The second-order valence-electron chi connectivity index (χ2n) is 7.01. The minimum absolute atomic E-state index is 0.109. The number of carbonyl (C=O) groups excluding carboxylic acids is 2. The molecule has 0 aliphatic carbocycles. The third-order valence-electron chi connectivity index (χ3n) is 5.27. The van der Waals surface area contributed by atoms with E-state index in [1.165, 1.54) is 4.90 Å². The number of alkyl halides is 1. The standard InChI is InChI=1S/C23H20BrNO3/c1-15(18-12-11-16-7-5-6-10-19(16)13-18)21(24)22(26)25-20(14-28-23(25)27)17-8-3-2-4-9-17/h2-13,15,20-21H,14H2,1H3/t15-,20+,21+/m1/s1. The molecule has 3 atom stereocenters. The predicted molar refractivity (Wildman–Crippen MR) is 112 cm³/mol. The lowest BCUT2D eigenvalue weighted by Gasteiger charge is -2.25. The monoisotopic (exact) mass is 437 g/mol. The fourth-order valence-electron chi connectivity index (χ4n) is 3.59. The van der Waals surface area contributed by atoms with Crippen LogP contribution in [-0.4, -0.2) is 28.3 Å². The van der Waals surface area contributed by atoms with Gasteiger partial charge in [-0.1, -0.05) is 95.7 Å². The van der Waals surface area contributed by atoms with E-state index in [-0.39, 0.29) is 18.4 Å². The van der Waals surface area contributed by atoms with Gasteiger partial charge in [0.15, 0.2) is 0 Å². The van der Waals surface area contributed by atoms with E-state index in [0.29, 0.717) is 0 Å². The molecule has 142 valence electrons. The third kappa shape index (κ3) is 3.42. The molecule has 1 fully saturated rings. The Morgan fingerprint density at radius 1 is 1.04 bits per heavy atom. The highest BCUT2D eigenvalue weighted by Crippen LogP contribution is 2.34. The van der Waals surface area contributed by atoms with Gasteiger partial charge in [-0.05, 0) is 21.9 Å². The molecule has 0 saturated carbocycles. The molecule has 2 amide bonds. The molecular formula is C23H20BrNO3. The van der Waals surface area contributed by atoms with Gasteiger partial charge < -0.3 is 4.74 Å². The van der Waals surface area contributed by atoms with Crippen molar-refractivity contribution < 1.29 is 14.3 Å². The summed E-state index contributed by atoms with van der Waals surface area (Å²) < 4.78 is 5.19. The zero-order valence-electron chi connectivity index (χ0n) is 15.4. The first-order valence-corrected chi connectivity index (χ1v) is 10.2. The number of hydrogen-bond acceptors (Lipinski definition) is 3. The summed E-state index contributed by atoms with van der Waals surface area (Å²) in [5, 5.41) is 2.28. The van der Waals surface area contributed by atoms with Crippen molar-refractivity contribution in [3.05, 3.63) is 83.9 Å². The predicted octanol–water partition coefficient (Wildman–Crippen LogP) is 5.43. The van der Waals surface area contributed by atoms with Gasteiger partial charge in [0.2, 0.25) is 5.91 Å². The molecule has 1 aliphatic rings. The van der Waals surface area contributed by atoms with Crippen LogP contribution >= 0.6 is 15.9 Å². The molecule has 0 spiro atoms. The van der Waals surface area contributed by atoms with E-state index in [0.717, 1.165) is 21.9 Å². The van der Waals surface area contributed by atoms with Crippen molar-refractivity contribution in [2.24, 2.45) is 0 Å². The van der Waals surface area contributed by atoms with E-state index in [4.69, 9.17) is 4.74 Å². The number of nitrogens with zero attached hydrogens (tertiary/aromatic N) is 1. The number of cyclic esters (lactones) is 1. The number of hydrogen-bond donors (Lipinski definition) is 0. The van der Waals surface area contributed by atoms with Gasteiger partial charge in [-0.3, -0.25) is 4.79 Å². The van der Waals surface area contributed by atoms with Crippen LogP contribution < -0.4 is 0 Å². The van der Waals surface area contributed by atoms with Gasteiger partial charge in [0.05, 0.1) is 0 Å². The molecule has 5 heteroatoms. The van der Waals surface area contributed by atoms with Crippen LogP contribution in [0.2, 0.25) is 0 Å². The topological polar surface area (TPSA) is 46.6 Å². The normalized spacial score (nSPS) is 18.7. The van der Waals surface area contributed by atoms with Gasteiger partial charge in [0.1, 0.15) is 17.5 Å². The van der Waals surface area contributed by atoms with Crippen LogP contribution in [0.4, 0.5) is 4.79 Å². The van der Waals surface area contributed by atoms with Crippen molar-refractivity contribution in [3.63, 3.8) is 0 Å². The summed E-state index contributed by atoms with van der Waals surface area (Å²) in [6.45, 7) is 2.17. The average molecular weight is 438 g/mol. The first-order valence-electron chi connectivity index (χ1n) is 9.24. The molecule has 4 nitrogen and oxygen atoms in total. The van der Waals surface area contributed by atoms with Crippen molar-refractivity contribution in [1.82, 2.24) is 4.90 Å². The SMILES string of the molecule is C[C@H](c1ccc2ccccc2c1)[C@H](Br)C(=O)N1C(=O)OC[C@H]1c1ccccc1. The quantitative estimate of drug-likeness (QED) is 0.511. The van der Waals surface area contributed by atoms with Gasteiger partial charge in [-0.15, -0.1) is 0 Å². The molecule has 28 heavy (non-hydrogen) atoms. The van der Waals surface area contributed by atoms with Crippen molar-refractivity contribution in [2.75, 3.05) is 6.61 Å². The Hall–Kier alpha value is -2.66. The molecule has 1 aliphatic heterocycles. The summed E-state index contributed by atoms with van der Waals surface area (Å²) in [5.74, 6) is -0.390. The molecule has 0 unspecified atom stereocenters. The zero-order chi connectivity index (χ0) is 19.7. The van der Waals surface area contributed by atoms with Crippen LogP contribution in [-0.2, 0) is 9.53 Å². The lowest BCUT2D eigenvalue weighted by atomic mass is 9.94. The average Bonchev–Trinajstić information content (AvgIpc) is 3.13. The van der Waals surface area contributed by atoms with Crippen molar-refractivity contribution in [3.8, 4) is 0 Å². The highest BCUT2D eigenvalue weighted by Gasteiger charge is 2.42. The maximum absolute atomic E-state index is 13.2. The maximum atomic E-state index is 13.2. The third-order valence-corrected chi connectivity index (χ3v) is 6.45. The van der Waals surface area contributed by atoms with Gasteiger partial charge in [-0.25, -0.2) is 9.69 Å². The number of halogens is 1. The van der Waals surface area contributed by atoms with Crippen LogP contribution in [0.5, 0.6) is 0 Å². The lowest BCUT2D eigenvalue weighted by Crippen LogP contribution is -2.40. The highest BCUT2D eigenvalue weighted by atomic mass is 79.9. The van der Waals surface area contributed by atoms with Crippen molar-refractivity contribution in [1.29, 1.82) is 0 Å². The summed E-state index contributed by atoms with van der Waals surface area (Å²) in [4.78, 5) is 26.2. The van der Waals surface area contributed by atoms with E-state index < -0.39 is 17.0 Å². The number of imide groups is 1. The number of benzene rings is 3. The van der Waals surface area contributed by atoms with Crippen LogP contribution in [0.3, 0.4) is 0 Å². The first kappa shape index (κ1) is 18.7. The zero-order valence-corrected chi connectivity index (χ0v) is 17.0. The number of ether oxygens (including phenoxy) is 1. The van der Waals surface area contributed by atoms with E-state index >= 15 is 0 Å². The Morgan fingerprint density at radius 3 is 2.46 bits per heavy atom. The van der Waals surface area contributed by atoms with Gasteiger partial charge >= 0.3 is 6.09 Å². The second kappa shape index (κ2) is 7.76. The number of carbonyl (C=O) groups is 2. The summed E-state index contributed by atoms with van der Waals surface area (Å²) in [7, 11) is 0. The summed E-state index contributed by atoms with van der Waals surface area (Å²) in [5.41, 5.74) is 1.93. The van der Waals surface area contributed by atoms with Gasteiger partial charge in [0.25, 0.3) is 0 Å². The van der Waals surface area contributed by atoms with Crippen LogP contribution in [0.1, 0.15) is 30.0 Å². The molecule has 1 heterocycles. The van der Waals surface area contributed by atoms with E-state index in [2.05, 4.69) is 40.2 Å². The molecule has 0 N–H and O–H groups in total. The van der Waals surface area contributed by atoms with E-state index in [1.54, 1.807) is 0 Å². The molecule has 1 saturated heterocycles. The Bertz CT molecular complexity index is 1020.